The molecule has 2 amide bonds. The third kappa shape index (κ3) is 5.23. The van der Waals surface area contributed by atoms with E-state index in [1.807, 2.05) is 9.80 Å². The number of benzene rings is 1. The van der Waals surface area contributed by atoms with Gasteiger partial charge in [-0.25, -0.2) is 0 Å². The van der Waals surface area contributed by atoms with Gasteiger partial charge in [0.05, 0.1) is 18.4 Å². The van der Waals surface area contributed by atoms with E-state index in [2.05, 4.69) is 43.0 Å². The van der Waals surface area contributed by atoms with E-state index in [0.717, 1.165) is 18.5 Å². The summed E-state index contributed by atoms with van der Waals surface area (Å²) in [4.78, 5) is 31.1. The van der Waals surface area contributed by atoms with Crippen LogP contribution in [0.5, 0.6) is 0 Å². The predicted octanol–water partition coefficient (Wildman–Crippen LogP) is 2.78. The molecule has 3 rings (SSSR count). The number of piperazine rings is 1. The van der Waals surface area contributed by atoms with Crippen LogP contribution in [0.2, 0.25) is 0 Å². The van der Waals surface area contributed by atoms with Gasteiger partial charge in [0.15, 0.2) is 0 Å². The lowest BCUT2D eigenvalue weighted by molar-refractivity contribution is -0.133. The molecule has 0 unspecified atom stereocenters. The number of amides is 2. The number of rotatable bonds is 7. The average Bonchev–Trinajstić information content (AvgIpc) is 3.24. The van der Waals surface area contributed by atoms with Crippen molar-refractivity contribution in [2.75, 3.05) is 39.3 Å². The van der Waals surface area contributed by atoms with Crippen molar-refractivity contribution in [3.63, 3.8) is 0 Å². The molecule has 1 aromatic carbocycles. The maximum absolute atomic E-state index is 12.9. The van der Waals surface area contributed by atoms with Gasteiger partial charge in [0, 0.05) is 39.3 Å². The van der Waals surface area contributed by atoms with E-state index >= 15 is 0 Å². The fourth-order valence-electron chi connectivity index (χ4n) is 3.44. The van der Waals surface area contributed by atoms with Crippen molar-refractivity contribution in [3.05, 3.63) is 59.5 Å². The zero-order valence-electron chi connectivity index (χ0n) is 16.8. The summed E-state index contributed by atoms with van der Waals surface area (Å²) in [6, 6.07) is 10.0. The lowest BCUT2D eigenvalue weighted by Gasteiger charge is -2.35. The first kappa shape index (κ1) is 20.1. The van der Waals surface area contributed by atoms with E-state index in [1.54, 1.807) is 6.07 Å². The second-order valence-corrected chi connectivity index (χ2v) is 7.38. The third-order valence-electron chi connectivity index (χ3n) is 5.13. The van der Waals surface area contributed by atoms with E-state index in [1.165, 1.54) is 18.1 Å². The molecule has 6 nitrogen and oxygen atoms in total. The Hall–Kier alpha value is -2.60. The van der Waals surface area contributed by atoms with Crippen molar-refractivity contribution in [1.29, 1.82) is 0 Å². The van der Waals surface area contributed by atoms with Crippen LogP contribution in [0.25, 0.3) is 0 Å². The fourth-order valence-corrected chi connectivity index (χ4v) is 3.44. The van der Waals surface area contributed by atoms with Gasteiger partial charge in [0.25, 0.3) is 5.91 Å². The normalized spacial score (nSPS) is 14.9. The molecular weight excluding hydrogens is 354 g/mol. The average molecular weight is 383 g/mol. The van der Waals surface area contributed by atoms with E-state index in [4.69, 9.17) is 4.42 Å². The number of aryl methyl sites for hydroxylation is 1. The molecule has 0 N–H and O–H groups in total. The van der Waals surface area contributed by atoms with Crippen LogP contribution < -0.4 is 0 Å². The smallest absolute Gasteiger partial charge is 0.257 e. The molecule has 0 radical (unpaired) electrons. The Morgan fingerprint density at radius 2 is 1.79 bits per heavy atom. The third-order valence-corrected chi connectivity index (χ3v) is 5.13. The Bertz CT molecular complexity index is 763. The highest BCUT2D eigenvalue weighted by atomic mass is 16.3. The molecule has 0 atom stereocenters. The topological polar surface area (TPSA) is 57.0 Å². The number of hydrogen-bond donors (Lipinski definition) is 0. The van der Waals surface area contributed by atoms with E-state index in [-0.39, 0.29) is 11.8 Å². The van der Waals surface area contributed by atoms with Gasteiger partial charge in [-0.2, -0.15) is 0 Å². The van der Waals surface area contributed by atoms with Crippen molar-refractivity contribution in [2.24, 2.45) is 0 Å². The second kappa shape index (κ2) is 9.55. The molecule has 1 aliphatic rings. The quantitative estimate of drug-likeness (QED) is 0.738. The number of hydrogen-bond acceptors (Lipinski definition) is 4. The highest BCUT2D eigenvalue weighted by molar-refractivity contribution is 5.93. The molecule has 0 spiro atoms. The number of furan rings is 1. The summed E-state index contributed by atoms with van der Waals surface area (Å²) in [6.45, 7) is 8.63. The first-order valence-electron chi connectivity index (χ1n) is 9.94. The lowest BCUT2D eigenvalue weighted by atomic mass is 10.1. The number of carbonyl (C=O) groups is 2. The molecule has 1 aromatic heterocycles. The molecule has 1 fully saturated rings. The summed E-state index contributed by atoms with van der Waals surface area (Å²) in [5, 5.41) is 0. The van der Waals surface area contributed by atoms with Gasteiger partial charge in [-0.15, -0.1) is 0 Å². The Labute approximate surface area is 166 Å². The maximum atomic E-state index is 12.9. The second-order valence-electron chi connectivity index (χ2n) is 7.38. The van der Waals surface area contributed by atoms with Gasteiger partial charge in [-0.3, -0.25) is 14.5 Å². The Morgan fingerprint density at radius 1 is 1.07 bits per heavy atom. The van der Waals surface area contributed by atoms with E-state index < -0.39 is 0 Å². The molecule has 2 aromatic rings. The van der Waals surface area contributed by atoms with E-state index in [9.17, 15) is 9.59 Å². The van der Waals surface area contributed by atoms with Crippen molar-refractivity contribution >= 4 is 11.8 Å². The zero-order valence-corrected chi connectivity index (χ0v) is 16.8. The minimum Gasteiger partial charge on any atom is -0.472 e. The van der Waals surface area contributed by atoms with Gasteiger partial charge >= 0.3 is 0 Å². The van der Waals surface area contributed by atoms with E-state index in [0.29, 0.717) is 44.8 Å². The Morgan fingerprint density at radius 3 is 2.39 bits per heavy atom. The molecular formula is C22H29N3O3. The van der Waals surface area contributed by atoms with Crippen molar-refractivity contribution in [2.45, 2.75) is 26.8 Å². The van der Waals surface area contributed by atoms with Crippen molar-refractivity contribution < 1.29 is 14.0 Å². The zero-order chi connectivity index (χ0) is 19.9. The van der Waals surface area contributed by atoms with Crippen LogP contribution >= 0.6 is 0 Å². The van der Waals surface area contributed by atoms with Crippen LogP contribution in [0, 0.1) is 6.92 Å². The van der Waals surface area contributed by atoms with Crippen LogP contribution in [0.3, 0.4) is 0 Å². The molecule has 2 heterocycles. The molecule has 0 aliphatic carbocycles. The van der Waals surface area contributed by atoms with Crippen LogP contribution in [-0.2, 0) is 11.3 Å². The highest BCUT2D eigenvalue weighted by Crippen LogP contribution is 2.11. The van der Waals surface area contributed by atoms with Crippen LogP contribution in [0.1, 0.15) is 34.8 Å². The first-order valence-corrected chi connectivity index (χ1v) is 9.94. The largest absolute Gasteiger partial charge is 0.472 e. The monoisotopic (exact) mass is 383 g/mol. The number of carbonyl (C=O) groups excluding carboxylic acids is 2. The minimum absolute atomic E-state index is 0.00768. The molecule has 6 heteroatoms. The Balaban J connectivity index is 1.51. The summed E-state index contributed by atoms with van der Waals surface area (Å²) >= 11 is 0. The predicted molar refractivity (Wildman–Crippen MR) is 108 cm³/mol. The van der Waals surface area contributed by atoms with Crippen LogP contribution in [0.15, 0.2) is 47.3 Å². The molecule has 0 bridgehead atoms. The summed E-state index contributed by atoms with van der Waals surface area (Å²) < 4.78 is 5.00. The summed E-state index contributed by atoms with van der Waals surface area (Å²) in [5.74, 6) is 0.142. The summed E-state index contributed by atoms with van der Waals surface area (Å²) in [5.41, 5.74) is 2.96. The van der Waals surface area contributed by atoms with Gasteiger partial charge in [-0.05, 0) is 25.0 Å². The minimum atomic E-state index is -0.00768. The lowest BCUT2D eigenvalue weighted by Crippen LogP contribution is -2.51. The first-order chi connectivity index (χ1) is 13.6. The standard InChI is InChI=1S/C22H29N3O3/c1-3-9-25(15-19-6-4-18(2)5-7-19)21(26)16-23-10-12-24(13-11-23)22(27)20-8-14-28-17-20/h4-8,14,17H,3,9-13,15-16H2,1-2H3. The number of nitrogens with zero attached hydrogens (tertiary/aromatic N) is 3. The van der Waals surface area contributed by atoms with Gasteiger partial charge in [0.1, 0.15) is 6.26 Å². The molecule has 28 heavy (non-hydrogen) atoms. The molecule has 150 valence electrons. The summed E-state index contributed by atoms with van der Waals surface area (Å²) in [6.07, 6.45) is 3.93. The van der Waals surface area contributed by atoms with Gasteiger partial charge < -0.3 is 14.2 Å². The SMILES string of the molecule is CCCN(Cc1ccc(C)cc1)C(=O)CN1CCN(C(=O)c2ccoc2)CC1. The highest BCUT2D eigenvalue weighted by Gasteiger charge is 2.25. The molecule has 0 saturated carbocycles. The van der Waals surface area contributed by atoms with Crippen molar-refractivity contribution in [1.82, 2.24) is 14.7 Å². The van der Waals surface area contributed by atoms with Gasteiger partial charge in [-0.1, -0.05) is 36.8 Å². The molecule has 1 aliphatic heterocycles. The van der Waals surface area contributed by atoms with Gasteiger partial charge in [0.2, 0.25) is 5.91 Å². The fraction of sp³-hybridized carbons (Fsp3) is 0.455. The van der Waals surface area contributed by atoms with Crippen LogP contribution in [0.4, 0.5) is 0 Å². The summed E-state index contributed by atoms with van der Waals surface area (Å²) in [7, 11) is 0. The van der Waals surface area contributed by atoms with Crippen LogP contribution in [-0.4, -0.2) is 65.8 Å². The van der Waals surface area contributed by atoms with Crippen molar-refractivity contribution in [3.8, 4) is 0 Å². The maximum Gasteiger partial charge on any atom is 0.257 e. The molecule has 1 saturated heterocycles. The Kier molecular flexibility index (Phi) is 6.87.